The summed E-state index contributed by atoms with van der Waals surface area (Å²) in [6, 6.07) is 5.91. The van der Waals surface area contributed by atoms with Gasteiger partial charge in [-0.25, -0.2) is 18.2 Å². The Hall–Kier alpha value is -2.34. The summed E-state index contributed by atoms with van der Waals surface area (Å²) in [6.07, 6.45) is 0. The minimum Gasteiger partial charge on any atom is -0.462 e. The van der Waals surface area contributed by atoms with Gasteiger partial charge < -0.3 is 9.64 Å². The summed E-state index contributed by atoms with van der Waals surface area (Å²) in [5.74, 6) is -0.997. The monoisotopic (exact) mass is 452 g/mol. The third-order valence-electron chi connectivity index (χ3n) is 4.67. The first kappa shape index (κ1) is 22.3. The van der Waals surface area contributed by atoms with Crippen LogP contribution in [0.3, 0.4) is 0 Å². The average Bonchev–Trinajstić information content (AvgIpc) is 3.08. The topological polar surface area (TPSA) is 109 Å². The predicted octanol–water partition coefficient (Wildman–Crippen LogP) is 1.82. The molecule has 0 atom stereocenters. The van der Waals surface area contributed by atoms with Crippen molar-refractivity contribution in [1.29, 1.82) is 0 Å². The largest absolute Gasteiger partial charge is 0.462 e. The highest BCUT2D eigenvalue weighted by Gasteiger charge is 2.28. The number of piperazine rings is 1. The molecule has 0 saturated carbocycles. The molecule has 0 spiro atoms. The normalized spacial score (nSPS) is 15.7. The van der Waals surface area contributed by atoms with Crippen molar-refractivity contribution in [3.8, 4) is 0 Å². The summed E-state index contributed by atoms with van der Waals surface area (Å²) in [4.78, 5) is 31.2. The van der Waals surface area contributed by atoms with Crippen LogP contribution in [0, 0.1) is 6.92 Å². The number of nitrogens with zero attached hydrogens (tertiary/aromatic N) is 3. The summed E-state index contributed by atoms with van der Waals surface area (Å²) in [7, 11) is -1.74. The minimum atomic E-state index is -3.68. The van der Waals surface area contributed by atoms with E-state index in [0.29, 0.717) is 36.8 Å². The van der Waals surface area contributed by atoms with Gasteiger partial charge in [-0.2, -0.15) is 4.31 Å². The number of aromatic nitrogens is 1. The number of carbonyl (C=O) groups is 2. The quantitative estimate of drug-likeness (QED) is 0.666. The van der Waals surface area contributed by atoms with E-state index in [1.54, 1.807) is 13.8 Å². The Morgan fingerprint density at radius 2 is 1.93 bits per heavy atom. The van der Waals surface area contributed by atoms with Gasteiger partial charge in [0.25, 0.3) is 5.91 Å². The summed E-state index contributed by atoms with van der Waals surface area (Å²) in [5.41, 5.74) is 0.649. The Kier molecular flexibility index (Phi) is 6.86. The smallest absolute Gasteiger partial charge is 0.350 e. The second kappa shape index (κ2) is 9.21. The molecule has 162 valence electrons. The molecule has 0 unspecified atom stereocenters. The highest BCUT2D eigenvalue weighted by molar-refractivity contribution is 7.89. The maximum Gasteiger partial charge on any atom is 0.350 e. The van der Waals surface area contributed by atoms with E-state index in [1.165, 1.54) is 28.6 Å². The van der Waals surface area contributed by atoms with Gasteiger partial charge in [0.1, 0.15) is 4.88 Å². The van der Waals surface area contributed by atoms with Crippen LogP contribution >= 0.6 is 11.3 Å². The highest BCUT2D eigenvalue weighted by Crippen LogP contribution is 2.25. The van der Waals surface area contributed by atoms with Gasteiger partial charge >= 0.3 is 5.97 Å². The van der Waals surface area contributed by atoms with Crippen molar-refractivity contribution >= 4 is 38.4 Å². The molecule has 0 radical (unpaired) electrons. The number of thiazole rings is 1. The molecule has 3 rings (SSSR count). The summed E-state index contributed by atoms with van der Waals surface area (Å²) < 4.78 is 32.3. The Morgan fingerprint density at radius 1 is 1.23 bits per heavy atom. The number of nitrogens with one attached hydrogen (secondary N) is 1. The summed E-state index contributed by atoms with van der Waals surface area (Å²) in [5, 5.41) is 2.87. The van der Waals surface area contributed by atoms with E-state index in [4.69, 9.17) is 4.74 Å². The number of rotatable bonds is 6. The Morgan fingerprint density at radius 3 is 2.60 bits per heavy atom. The van der Waals surface area contributed by atoms with E-state index in [-0.39, 0.29) is 22.2 Å². The molecule has 11 heteroatoms. The lowest BCUT2D eigenvalue weighted by molar-refractivity contribution is 0.0531. The fraction of sp³-hybridized carbons (Fsp3) is 0.421. The maximum atomic E-state index is 12.9. The number of benzene rings is 1. The number of likely N-dealkylation sites (N-methyl/N-ethyl adjacent to an activating group) is 1. The maximum absolute atomic E-state index is 12.9. The molecule has 1 aromatic carbocycles. The molecule has 9 nitrogen and oxygen atoms in total. The molecule has 1 N–H and O–H groups in total. The van der Waals surface area contributed by atoms with Crippen LogP contribution in [0.15, 0.2) is 29.2 Å². The summed E-state index contributed by atoms with van der Waals surface area (Å²) in [6.45, 7) is 5.74. The lowest BCUT2D eigenvalue weighted by atomic mass is 10.2. The number of amides is 1. The van der Waals surface area contributed by atoms with Gasteiger partial charge in [0.05, 0.1) is 17.2 Å². The third kappa shape index (κ3) is 4.86. The van der Waals surface area contributed by atoms with Crippen molar-refractivity contribution in [3.05, 3.63) is 40.4 Å². The molecule has 2 aromatic rings. The number of ether oxygens (including phenoxy) is 1. The van der Waals surface area contributed by atoms with Gasteiger partial charge in [-0.1, -0.05) is 17.4 Å². The van der Waals surface area contributed by atoms with Crippen molar-refractivity contribution in [2.75, 3.05) is 45.2 Å². The Labute approximate surface area is 179 Å². The molecular weight excluding hydrogens is 428 g/mol. The molecule has 0 aliphatic carbocycles. The van der Waals surface area contributed by atoms with Gasteiger partial charge in [0, 0.05) is 31.7 Å². The standard InChI is InChI=1S/C19H24N4O5S2/c1-4-28-18(25)16-13(2)20-19(29-16)21-17(24)14-6-5-7-15(12-14)30(26,27)23-10-8-22(3)9-11-23/h5-7,12H,4,8-11H2,1-3H3,(H,20,21,24). The van der Waals surface area contributed by atoms with E-state index in [2.05, 4.69) is 15.2 Å². The first-order valence-corrected chi connectivity index (χ1v) is 11.7. The molecule has 1 aromatic heterocycles. The van der Waals surface area contributed by atoms with Crippen LogP contribution in [0.1, 0.15) is 32.6 Å². The molecule has 1 amide bonds. The number of carbonyl (C=O) groups excluding carboxylic acids is 2. The number of sulfonamides is 1. The fourth-order valence-electron chi connectivity index (χ4n) is 2.98. The number of aryl methyl sites for hydroxylation is 1. The highest BCUT2D eigenvalue weighted by atomic mass is 32.2. The number of hydrogen-bond donors (Lipinski definition) is 1. The zero-order chi connectivity index (χ0) is 21.9. The van der Waals surface area contributed by atoms with Crippen molar-refractivity contribution in [1.82, 2.24) is 14.2 Å². The van der Waals surface area contributed by atoms with Crippen molar-refractivity contribution < 1.29 is 22.7 Å². The molecular formula is C19H24N4O5S2. The van der Waals surface area contributed by atoms with E-state index < -0.39 is 21.9 Å². The molecule has 1 aliphatic rings. The Balaban J connectivity index is 1.77. The predicted molar refractivity (Wildman–Crippen MR) is 113 cm³/mol. The lowest BCUT2D eigenvalue weighted by Gasteiger charge is -2.31. The van der Waals surface area contributed by atoms with Crippen LogP contribution in [0.2, 0.25) is 0 Å². The number of hydrogen-bond acceptors (Lipinski definition) is 8. The zero-order valence-corrected chi connectivity index (χ0v) is 18.7. The van der Waals surface area contributed by atoms with Crippen molar-refractivity contribution in [2.45, 2.75) is 18.7 Å². The minimum absolute atomic E-state index is 0.0715. The van der Waals surface area contributed by atoms with E-state index in [1.807, 2.05) is 7.05 Å². The van der Waals surface area contributed by atoms with Crippen LogP contribution in [0.4, 0.5) is 5.13 Å². The second-order valence-corrected chi connectivity index (χ2v) is 9.78. The fourth-order valence-corrected chi connectivity index (χ4v) is 5.30. The number of anilines is 1. The average molecular weight is 453 g/mol. The second-order valence-electron chi connectivity index (χ2n) is 6.84. The van der Waals surface area contributed by atoms with Crippen LogP contribution in [0.25, 0.3) is 0 Å². The van der Waals surface area contributed by atoms with E-state index >= 15 is 0 Å². The molecule has 0 bridgehead atoms. The number of esters is 1. The van der Waals surface area contributed by atoms with Crippen molar-refractivity contribution in [3.63, 3.8) is 0 Å². The molecule has 1 saturated heterocycles. The summed E-state index contributed by atoms with van der Waals surface area (Å²) >= 11 is 1.01. The van der Waals surface area contributed by atoms with Gasteiger partial charge in [0.2, 0.25) is 10.0 Å². The van der Waals surface area contributed by atoms with E-state index in [9.17, 15) is 18.0 Å². The van der Waals surface area contributed by atoms with Crippen LogP contribution in [0.5, 0.6) is 0 Å². The zero-order valence-electron chi connectivity index (χ0n) is 17.0. The first-order valence-electron chi connectivity index (χ1n) is 9.47. The van der Waals surface area contributed by atoms with Gasteiger partial charge in [0.15, 0.2) is 5.13 Å². The molecule has 30 heavy (non-hydrogen) atoms. The molecule has 1 aliphatic heterocycles. The van der Waals surface area contributed by atoms with Crippen LogP contribution in [-0.2, 0) is 14.8 Å². The van der Waals surface area contributed by atoms with E-state index in [0.717, 1.165) is 11.3 Å². The van der Waals surface area contributed by atoms with Gasteiger partial charge in [-0.05, 0) is 39.1 Å². The Bertz CT molecular complexity index is 1040. The molecule has 1 fully saturated rings. The first-order chi connectivity index (χ1) is 14.2. The van der Waals surface area contributed by atoms with Crippen LogP contribution in [-0.4, -0.2) is 74.3 Å². The van der Waals surface area contributed by atoms with Crippen molar-refractivity contribution in [2.24, 2.45) is 0 Å². The molecule has 2 heterocycles. The van der Waals surface area contributed by atoms with Gasteiger partial charge in [-0.15, -0.1) is 0 Å². The SMILES string of the molecule is CCOC(=O)c1sc(NC(=O)c2cccc(S(=O)(=O)N3CCN(C)CC3)c2)nc1C. The third-order valence-corrected chi connectivity index (χ3v) is 7.62. The van der Waals surface area contributed by atoms with Gasteiger partial charge in [-0.3, -0.25) is 10.1 Å². The lowest BCUT2D eigenvalue weighted by Crippen LogP contribution is -2.47. The van der Waals surface area contributed by atoms with Crippen LogP contribution < -0.4 is 5.32 Å².